The molecule has 1 N–H and O–H groups in total. The van der Waals surface area contributed by atoms with Gasteiger partial charge in [-0.05, 0) is 29.8 Å². The van der Waals surface area contributed by atoms with E-state index in [1.807, 2.05) is 6.07 Å². The highest BCUT2D eigenvalue weighted by molar-refractivity contribution is 7.80. The molecular formula is C17H12F3N3S. The highest BCUT2D eigenvalue weighted by atomic mass is 32.1. The maximum atomic E-state index is 13.0. The first-order valence-corrected chi connectivity index (χ1v) is 7.50. The molecule has 2 heterocycles. The van der Waals surface area contributed by atoms with Gasteiger partial charge in [0, 0.05) is 24.3 Å². The van der Waals surface area contributed by atoms with Crippen molar-refractivity contribution in [1.29, 1.82) is 0 Å². The van der Waals surface area contributed by atoms with Crippen molar-refractivity contribution in [3.8, 4) is 0 Å². The summed E-state index contributed by atoms with van der Waals surface area (Å²) >= 11 is 5.25. The molecule has 0 fully saturated rings. The van der Waals surface area contributed by atoms with Crippen LogP contribution < -0.4 is 5.32 Å². The number of hydrogen-bond acceptors (Lipinski definition) is 3. The average molecular weight is 347 g/mol. The van der Waals surface area contributed by atoms with Crippen molar-refractivity contribution in [3.05, 3.63) is 71.7 Å². The van der Waals surface area contributed by atoms with E-state index in [1.54, 1.807) is 30.6 Å². The smallest absolute Gasteiger partial charge is 0.370 e. The van der Waals surface area contributed by atoms with Crippen molar-refractivity contribution < 1.29 is 13.2 Å². The lowest BCUT2D eigenvalue weighted by molar-refractivity contribution is -0.138. The zero-order valence-electron chi connectivity index (χ0n) is 12.3. The maximum Gasteiger partial charge on any atom is 0.416 e. The molecule has 3 rings (SSSR count). The first kappa shape index (κ1) is 16.3. The highest BCUT2D eigenvalue weighted by Gasteiger charge is 2.32. The molecule has 0 aliphatic heterocycles. The fourth-order valence-electron chi connectivity index (χ4n) is 2.31. The van der Waals surface area contributed by atoms with E-state index >= 15 is 0 Å². The van der Waals surface area contributed by atoms with Gasteiger partial charge in [0.2, 0.25) is 0 Å². The molecular weight excluding hydrogens is 335 g/mol. The van der Waals surface area contributed by atoms with Gasteiger partial charge in [-0.15, -0.1) is 0 Å². The summed E-state index contributed by atoms with van der Waals surface area (Å²) in [5, 5.41) is 3.71. The number of halogens is 3. The minimum Gasteiger partial charge on any atom is -0.370 e. The number of rotatable bonds is 3. The first-order valence-electron chi connectivity index (χ1n) is 7.09. The third kappa shape index (κ3) is 3.51. The lowest BCUT2D eigenvalue weighted by atomic mass is 10.1. The summed E-state index contributed by atoms with van der Waals surface area (Å²) in [4.78, 5) is 8.69. The number of hydrogen-bond donors (Lipinski definition) is 1. The third-order valence-electron chi connectivity index (χ3n) is 3.48. The Hall–Kier alpha value is -2.54. The Morgan fingerprint density at radius 3 is 2.67 bits per heavy atom. The highest BCUT2D eigenvalue weighted by Crippen LogP contribution is 2.31. The van der Waals surface area contributed by atoms with Crippen molar-refractivity contribution in [2.24, 2.45) is 0 Å². The fourth-order valence-corrected chi connectivity index (χ4v) is 2.49. The van der Waals surface area contributed by atoms with Crippen molar-refractivity contribution in [1.82, 2.24) is 15.3 Å². The number of fused-ring (bicyclic) bond motifs is 1. The maximum absolute atomic E-state index is 13.0. The van der Waals surface area contributed by atoms with Crippen molar-refractivity contribution >= 4 is 28.1 Å². The Morgan fingerprint density at radius 2 is 1.88 bits per heavy atom. The van der Waals surface area contributed by atoms with E-state index in [0.717, 1.165) is 17.0 Å². The second kappa shape index (κ2) is 6.52. The SMILES string of the molecule is FC(F)(F)c1ccccc1CNC(=S)c1ccc2cnccc2n1. The Balaban J connectivity index is 1.78. The summed E-state index contributed by atoms with van der Waals surface area (Å²) in [6.45, 7) is -0.0232. The Kier molecular flexibility index (Phi) is 4.44. The quantitative estimate of drug-likeness (QED) is 0.724. The van der Waals surface area contributed by atoms with Crippen LogP contribution in [0.25, 0.3) is 10.9 Å². The summed E-state index contributed by atoms with van der Waals surface area (Å²) < 4.78 is 39.0. The molecule has 0 bridgehead atoms. The van der Waals surface area contributed by atoms with Crippen molar-refractivity contribution in [2.75, 3.05) is 0 Å². The molecule has 122 valence electrons. The summed E-state index contributed by atoms with van der Waals surface area (Å²) in [5.41, 5.74) is 0.700. The van der Waals surface area contributed by atoms with Crippen LogP contribution in [-0.4, -0.2) is 15.0 Å². The zero-order valence-corrected chi connectivity index (χ0v) is 13.2. The second-order valence-electron chi connectivity index (χ2n) is 5.10. The number of nitrogens with one attached hydrogen (secondary N) is 1. The minimum absolute atomic E-state index is 0.0232. The molecule has 0 unspecified atom stereocenters. The molecule has 0 spiro atoms. The second-order valence-corrected chi connectivity index (χ2v) is 5.51. The number of aromatic nitrogens is 2. The van der Waals surface area contributed by atoms with Crippen LogP contribution in [0.5, 0.6) is 0 Å². The van der Waals surface area contributed by atoms with Gasteiger partial charge in [-0.25, -0.2) is 4.98 Å². The van der Waals surface area contributed by atoms with E-state index in [2.05, 4.69) is 15.3 Å². The molecule has 0 aliphatic carbocycles. The standard InChI is InChI=1S/C17H12F3N3S/c18-17(19,20)13-4-2-1-3-11(13)10-22-16(24)15-6-5-12-9-21-8-7-14(12)23-15/h1-9H,10H2,(H,22,24). The van der Waals surface area contributed by atoms with Crippen LogP contribution in [0.2, 0.25) is 0 Å². The third-order valence-corrected chi connectivity index (χ3v) is 3.84. The van der Waals surface area contributed by atoms with Gasteiger partial charge >= 0.3 is 6.18 Å². The number of benzene rings is 1. The fraction of sp³-hybridized carbons (Fsp3) is 0.118. The van der Waals surface area contributed by atoms with Crippen LogP contribution in [0.4, 0.5) is 13.2 Å². The summed E-state index contributed by atoms with van der Waals surface area (Å²) in [6, 6.07) is 10.7. The predicted molar refractivity (Wildman–Crippen MR) is 89.5 cm³/mol. The van der Waals surface area contributed by atoms with Gasteiger partial charge in [0.15, 0.2) is 0 Å². The molecule has 24 heavy (non-hydrogen) atoms. The van der Waals surface area contributed by atoms with Gasteiger partial charge in [0.05, 0.1) is 16.8 Å². The van der Waals surface area contributed by atoms with Crippen LogP contribution in [0, 0.1) is 0 Å². The lowest BCUT2D eigenvalue weighted by Gasteiger charge is -2.14. The van der Waals surface area contributed by atoms with E-state index in [-0.39, 0.29) is 12.1 Å². The predicted octanol–water partition coefficient (Wildman–Crippen LogP) is 4.11. The Bertz CT molecular complexity index is 893. The number of nitrogens with zero attached hydrogens (tertiary/aromatic N) is 2. The van der Waals surface area contributed by atoms with E-state index in [4.69, 9.17) is 12.2 Å². The number of pyridine rings is 2. The molecule has 0 aliphatic rings. The zero-order chi connectivity index (χ0) is 17.2. The molecule has 3 aromatic rings. The first-order chi connectivity index (χ1) is 11.4. The van der Waals surface area contributed by atoms with E-state index < -0.39 is 11.7 Å². The van der Waals surface area contributed by atoms with Gasteiger partial charge in [-0.1, -0.05) is 30.4 Å². The van der Waals surface area contributed by atoms with Gasteiger partial charge in [-0.3, -0.25) is 4.98 Å². The molecule has 3 nitrogen and oxygen atoms in total. The summed E-state index contributed by atoms with van der Waals surface area (Å²) in [6.07, 6.45) is -1.09. The number of alkyl halides is 3. The average Bonchev–Trinajstić information content (AvgIpc) is 2.58. The molecule has 0 atom stereocenters. The monoisotopic (exact) mass is 347 g/mol. The molecule has 0 amide bonds. The lowest BCUT2D eigenvalue weighted by Crippen LogP contribution is -2.24. The van der Waals surface area contributed by atoms with Gasteiger partial charge in [-0.2, -0.15) is 13.2 Å². The normalized spacial score (nSPS) is 11.5. The van der Waals surface area contributed by atoms with Crippen LogP contribution >= 0.6 is 12.2 Å². The van der Waals surface area contributed by atoms with Gasteiger partial charge in [0.25, 0.3) is 0 Å². The molecule has 2 aromatic heterocycles. The van der Waals surface area contributed by atoms with Crippen LogP contribution in [-0.2, 0) is 12.7 Å². The van der Waals surface area contributed by atoms with E-state index in [0.29, 0.717) is 10.7 Å². The van der Waals surface area contributed by atoms with Crippen LogP contribution in [0.1, 0.15) is 16.8 Å². The van der Waals surface area contributed by atoms with E-state index in [9.17, 15) is 13.2 Å². The topological polar surface area (TPSA) is 37.8 Å². The molecule has 1 aromatic carbocycles. The number of thiocarbonyl (C=S) groups is 1. The van der Waals surface area contributed by atoms with Crippen molar-refractivity contribution in [3.63, 3.8) is 0 Å². The van der Waals surface area contributed by atoms with Crippen LogP contribution in [0.3, 0.4) is 0 Å². The Labute approximate surface area is 141 Å². The summed E-state index contributed by atoms with van der Waals surface area (Å²) in [5.74, 6) is 0. The van der Waals surface area contributed by atoms with Crippen LogP contribution in [0.15, 0.2) is 54.9 Å². The molecule has 0 saturated heterocycles. The molecule has 0 radical (unpaired) electrons. The minimum atomic E-state index is -4.39. The molecule has 7 heteroatoms. The van der Waals surface area contributed by atoms with Gasteiger partial charge in [0.1, 0.15) is 4.99 Å². The van der Waals surface area contributed by atoms with E-state index in [1.165, 1.54) is 12.1 Å². The molecule has 0 saturated carbocycles. The van der Waals surface area contributed by atoms with Gasteiger partial charge < -0.3 is 5.32 Å². The van der Waals surface area contributed by atoms with Crippen molar-refractivity contribution in [2.45, 2.75) is 12.7 Å². The largest absolute Gasteiger partial charge is 0.416 e. The summed E-state index contributed by atoms with van der Waals surface area (Å²) in [7, 11) is 0. The Morgan fingerprint density at radius 1 is 1.08 bits per heavy atom.